The molecule has 0 unspecified atom stereocenters. The van der Waals surface area contributed by atoms with Gasteiger partial charge in [0.05, 0.1) is 5.69 Å². The van der Waals surface area contributed by atoms with Crippen molar-refractivity contribution in [3.05, 3.63) is 58.0 Å². The van der Waals surface area contributed by atoms with Gasteiger partial charge in [0.2, 0.25) is 0 Å². The average Bonchev–Trinajstić information content (AvgIpc) is 2.48. The Morgan fingerprint density at radius 1 is 1.19 bits per heavy atom. The highest BCUT2D eigenvalue weighted by molar-refractivity contribution is 7.99. The second-order valence-electron chi connectivity index (χ2n) is 4.68. The molecular weight excluding hydrogens is 300 g/mol. The van der Waals surface area contributed by atoms with Crippen molar-refractivity contribution < 1.29 is 0 Å². The molecule has 0 saturated carbocycles. The molecule has 1 aromatic heterocycles. The number of thioether (sulfide) groups is 2. The van der Waals surface area contributed by atoms with Crippen LogP contribution in [0.4, 0.5) is 0 Å². The standard InChI is InChI=1S/C16H20N2OS2/c1-2-9-20-12-14-11-15(19)18-16(17-14)21-10-8-13-6-4-3-5-7-13/h3-7,11H,2,8-10,12H2,1H3,(H,17,18,19). The summed E-state index contributed by atoms with van der Waals surface area (Å²) in [6.45, 7) is 2.16. The first-order chi connectivity index (χ1) is 10.3. The van der Waals surface area contributed by atoms with Crippen molar-refractivity contribution >= 4 is 23.5 Å². The van der Waals surface area contributed by atoms with Crippen molar-refractivity contribution in [3.8, 4) is 0 Å². The van der Waals surface area contributed by atoms with Gasteiger partial charge in [-0.1, -0.05) is 49.0 Å². The van der Waals surface area contributed by atoms with Crippen molar-refractivity contribution in [3.63, 3.8) is 0 Å². The van der Waals surface area contributed by atoms with E-state index in [1.165, 1.54) is 5.56 Å². The van der Waals surface area contributed by atoms with Crippen molar-refractivity contribution in [2.45, 2.75) is 30.7 Å². The lowest BCUT2D eigenvalue weighted by atomic mass is 10.2. The van der Waals surface area contributed by atoms with Crippen LogP contribution in [-0.4, -0.2) is 21.5 Å². The molecule has 2 aromatic rings. The summed E-state index contributed by atoms with van der Waals surface area (Å²) >= 11 is 3.43. The van der Waals surface area contributed by atoms with Crippen LogP contribution in [-0.2, 0) is 12.2 Å². The number of H-pyrrole nitrogens is 1. The molecule has 1 N–H and O–H groups in total. The van der Waals surface area contributed by atoms with Gasteiger partial charge in [-0.25, -0.2) is 4.98 Å². The van der Waals surface area contributed by atoms with Crippen molar-refractivity contribution in [2.24, 2.45) is 0 Å². The molecule has 0 saturated heterocycles. The maximum atomic E-state index is 11.7. The molecule has 0 amide bonds. The Hall–Kier alpha value is -1.20. The predicted octanol–water partition coefficient (Wildman–Crippen LogP) is 3.75. The molecular formula is C16H20N2OS2. The minimum Gasteiger partial charge on any atom is -0.301 e. The highest BCUT2D eigenvalue weighted by Gasteiger charge is 2.03. The van der Waals surface area contributed by atoms with E-state index >= 15 is 0 Å². The monoisotopic (exact) mass is 320 g/mol. The van der Waals surface area contributed by atoms with Gasteiger partial charge in [0, 0.05) is 17.6 Å². The Kier molecular flexibility index (Phi) is 6.89. The zero-order valence-electron chi connectivity index (χ0n) is 12.2. The molecule has 0 atom stereocenters. The van der Waals surface area contributed by atoms with Crippen LogP contribution in [0.15, 0.2) is 46.3 Å². The predicted molar refractivity (Wildman–Crippen MR) is 92.2 cm³/mol. The number of nitrogens with one attached hydrogen (secondary N) is 1. The first-order valence-corrected chi connectivity index (χ1v) is 9.26. The number of rotatable bonds is 8. The van der Waals surface area contributed by atoms with Gasteiger partial charge in [-0.05, 0) is 24.2 Å². The number of aromatic amines is 1. The Morgan fingerprint density at radius 2 is 2.00 bits per heavy atom. The summed E-state index contributed by atoms with van der Waals surface area (Å²) < 4.78 is 0. The zero-order valence-corrected chi connectivity index (χ0v) is 13.8. The topological polar surface area (TPSA) is 45.8 Å². The lowest BCUT2D eigenvalue weighted by Crippen LogP contribution is -2.10. The summed E-state index contributed by atoms with van der Waals surface area (Å²) in [5.74, 6) is 2.83. The molecule has 5 heteroatoms. The SMILES string of the molecule is CCCSCc1cc(=O)[nH]c(SCCc2ccccc2)n1. The van der Waals surface area contributed by atoms with E-state index in [2.05, 4.69) is 29.0 Å². The van der Waals surface area contributed by atoms with Crippen LogP contribution < -0.4 is 5.56 Å². The maximum Gasteiger partial charge on any atom is 0.251 e. The number of benzene rings is 1. The van der Waals surface area contributed by atoms with Crippen molar-refractivity contribution in [2.75, 3.05) is 11.5 Å². The zero-order chi connectivity index (χ0) is 14.9. The Balaban J connectivity index is 1.89. The molecule has 0 spiro atoms. The van der Waals surface area contributed by atoms with E-state index in [4.69, 9.17) is 0 Å². The van der Waals surface area contributed by atoms with Crippen LogP contribution >= 0.6 is 23.5 Å². The number of hydrogen-bond donors (Lipinski definition) is 1. The summed E-state index contributed by atoms with van der Waals surface area (Å²) in [6, 6.07) is 12.0. The van der Waals surface area contributed by atoms with E-state index < -0.39 is 0 Å². The molecule has 0 radical (unpaired) electrons. The van der Waals surface area contributed by atoms with Gasteiger partial charge < -0.3 is 4.98 Å². The molecule has 1 aromatic carbocycles. The Bertz CT molecular complexity index is 599. The molecule has 1 heterocycles. The molecule has 0 aliphatic rings. The van der Waals surface area contributed by atoms with Gasteiger partial charge in [-0.3, -0.25) is 4.79 Å². The molecule has 112 valence electrons. The summed E-state index contributed by atoms with van der Waals surface area (Å²) in [7, 11) is 0. The first-order valence-electron chi connectivity index (χ1n) is 7.12. The molecule has 0 fully saturated rings. The van der Waals surface area contributed by atoms with E-state index in [1.807, 2.05) is 30.0 Å². The number of hydrogen-bond acceptors (Lipinski definition) is 4. The van der Waals surface area contributed by atoms with E-state index in [9.17, 15) is 4.79 Å². The fourth-order valence-electron chi connectivity index (χ4n) is 1.86. The lowest BCUT2D eigenvalue weighted by Gasteiger charge is -2.04. The highest BCUT2D eigenvalue weighted by atomic mass is 32.2. The van der Waals surface area contributed by atoms with Gasteiger partial charge in [-0.2, -0.15) is 11.8 Å². The molecule has 3 nitrogen and oxygen atoms in total. The van der Waals surface area contributed by atoms with Crippen molar-refractivity contribution in [1.29, 1.82) is 0 Å². The average molecular weight is 320 g/mol. The summed E-state index contributed by atoms with van der Waals surface area (Å²) in [4.78, 5) is 19.0. The van der Waals surface area contributed by atoms with E-state index in [0.717, 1.165) is 41.0 Å². The van der Waals surface area contributed by atoms with Crippen LogP contribution in [0.3, 0.4) is 0 Å². The summed E-state index contributed by atoms with van der Waals surface area (Å²) in [5, 5.41) is 0.727. The number of aryl methyl sites for hydroxylation is 1. The maximum absolute atomic E-state index is 11.7. The van der Waals surface area contributed by atoms with Crippen LogP contribution in [0.1, 0.15) is 24.6 Å². The van der Waals surface area contributed by atoms with E-state index in [0.29, 0.717) is 0 Å². The number of aromatic nitrogens is 2. The molecule has 0 aliphatic heterocycles. The smallest absolute Gasteiger partial charge is 0.251 e. The van der Waals surface area contributed by atoms with Crippen LogP contribution in [0.25, 0.3) is 0 Å². The largest absolute Gasteiger partial charge is 0.301 e. The van der Waals surface area contributed by atoms with Crippen LogP contribution in [0, 0.1) is 0 Å². The highest BCUT2D eigenvalue weighted by Crippen LogP contribution is 2.16. The van der Waals surface area contributed by atoms with Gasteiger partial charge in [0.1, 0.15) is 0 Å². The van der Waals surface area contributed by atoms with Gasteiger partial charge >= 0.3 is 0 Å². The lowest BCUT2D eigenvalue weighted by molar-refractivity contribution is 0.898. The third kappa shape index (κ3) is 5.98. The minimum atomic E-state index is -0.0562. The summed E-state index contributed by atoms with van der Waals surface area (Å²) in [5.41, 5.74) is 2.13. The second-order valence-corrected chi connectivity index (χ2v) is 6.87. The molecule has 21 heavy (non-hydrogen) atoms. The van der Waals surface area contributed by atoms with Crippen LogP contribution in [0.5, 0.6) is 0 Å². The fourth-order valence-corrected chi connectivity index (χ4v) is 3.53. The van der Waals surface area contributed by atoms with Gasteiger partial charge in [-0.15, -0.1) is 0 Å². The Labute approximate surface area is 134 Å². The van der Waals surface area contributed by atoms with Gasteiger partial charge in [0.15, 0.2) is 5.16 Å². The molecule has 2 rings (SSSR count). The minimum absolute atomic E-state index is 0.0562. The van der Waals surface area contributed by atoms with Crippen LogP contribution in [0.2, 0.25) is 0 Å². The molecule has 0 aliphatic carbocycles. The van der Waals surface area contributed by atoms with Gasteiger partial charge in [0.25, 0.3) is 5.56 Å². The quantitative estimate of drug-likeness (QED) is 0.457. The molecule has 0 bridgehead atoms. The third-order valence-corrected chi connectivity index (χ3v) is 4.92. The third-order valence-electron chi connectivity index (χ3n) is 2.84. The fraction of sp³-hybridized carbons (Fsp3) is 0.375. The first kappa shape index (κ1) is 16.2. The Morgan fingerprint density at radius 3 is 2.76 bits per heavy atom. The van der Waals surface area contributed by atoms with E-state index in [1.54, 1.807) is 17.8 Å². The normalized spacial score (nSPS) is 10.7. The summed E-state index contributed by atoms with van der Waals surface area (Å²) in [6.07, 6.45) is 2.12. The second kappa shape index (κ2) is 8.95. The number of nitrogens with zero attached hydrogens (tertiary/aromatic N) is 1. The van der Waals surface area contributed by atoms with E-state index in [-0.39, 0.29) is 5.56 Å². The van der Waals surface area contributed by atoms with Crippen molar-refractivity contribution in [1.82, 2.24) is 9.97 Å².